The minimum atomic E-state index is 0.333. The van der Waals surface area contributed by atoms with Gasteiger partial charge in [0.2, 0.25) is 5.95 Å². The van der Waals surface area contributed by atoms with Crippen LogP contribution in [-0.4, -0.2) is 27.5 Å². The van der Waals surface area contributed by atoms with Crippen LogP contribution in [0.4, 0.5) is 5.95 Å². The number of aryl methyl sites for hydroxylation is 1. The van der Waals surface area contributed by atoms with Gasteiger partial charge < -0.3 is 10.6 Å². The summed E-state index contributed by atoms with van der Waals surface area (Å²) in [5.74, 6) is 1.42. The van der Waals surface area contributed by atoms with E-state index in [4.69, 9.17) is 18.0 Å². The Bertz CT molecular complexity index is 460. The van der Waals surface area contributed by atoms with Gasteiger partial charge in [0, 0.05) is 18.3 Å². The van der Waals surface area contributed by atoms with Crippen molar-refractivity contribution in [1.82, 2.24) is 9.97 Å². The second kappa shape index (κ2) is 5.18. The Kier molecular flexibility index (Phi) is 3.80. The number of anilines is 1. The van der Waals surface area contributed by atoms with E-state index < -0.39 is 0 Å². The molecule has 4 nitrogen and oxygen atoms in total. The van der Waals surface area contributed by atoms with E-state index in [1.807, 2.05) is 13.0 Å². The average Bonchev–Trinajstić information content (AvgIpc) is 2.31. The topological polar surface area (TPSA) is 55.0 Å². The smallest absolute Gasteiger partial charge is 0.226 e. The van der Waals surface area contributed by atoms with Gasteiger partial charge in [0.1, 0.15) is 10.7 Å². The monoisotopic (exact) mass is 264 g/mol. The fourth-order valence-electron chi connectivity index (χ4n) is 2.43. The van der Waals surface area contributed by atoms with Crippen LogP contribution in [0.3, 0.4) is 0 Å². The lowest BCUT2D eigenvalue weighted by Gasteiger charge is -2.38. The minimum Gasteiger partial charge on any atom is -0.388 e. The predicted molar refractivity (Wildman–Crippen MR) is 77.9 cm³/mol. The van der Waals surface area contributed by atoms with Gasteiger partial charge in [-0.25, -0.2) is 9.97 Å². The number of nitrogens with two attached hydrogens (primary N) is 1. The molecule has 0 saturated carbocycles. The molecule has 2 rings (SSSR count). The minimum absolute atomic E-state index is 0.333. The van der Waals surface area contributed by atoms with Crippen LogP contribution in [0.15, 0.2) is 6.07 Å². The number of rotatable bonds is 2. The highest BCUT2D eigenvalue weighted by Gasteiger charge is 2.26. The molecule has 2 atom stereocenters. The first-order valence-corrected chi connectivity index (χ1v) is 6.82. The van der Waals surface area contributed by atoms with E-state index in [9.17, 15) is 0 Å². The molecule has 0 radical (unpaired) electrons. The lowest BCUT2D eigenvalue weighted by molar-refractivity contribution is 0.359. The summed E-state index contributed by atoms with van der Waals surface area (Å²) in [6.07, 6.45) is 2.46. The summed E-state index contributed by atoms with van der Waals surface area (Å²) in [7, 11) is 0. The first-order valence-electron chi connectivity index (χ1n) is 6.41. The summed E-state index contributed by atoms with van der Waals surface area (Å²) < 4.78 is 0. The maximum absolute atomic E-state index is 5.67. The molecule has 0 amide bonds. The van der Waals surface area contributed by atoms with Crippen molar-refractivity contribution in [2.75, 3.05) is 11.4 Å². The van der Waals surface area contributed by atoms with Crippen molar-refractivity contribution < 1.29 is 0 Å². The third-order valence-electron chi connectivity index (χ3n) is 3.73. The van der Waals surface area contributed by atoms with Crippen LogP contribution in [0.25, 0.3) is 0 Å². The summed E-state index contributed by atoms with van der Waals surface area (Å²) in [6, 6.07) is 2.30. The van der Waals surface area contributed by atoms with Crippen LogP contribution in [-0.2, 0) is 0 Å². The summed E-state index contributed by atoms with van der Waals surface area (Å²) in [5.41, 5.74) is 7.24. The molecule has 1 aromatic rings. The largest absolute Gasteiger partial charge is 0.388 e. The molecular weight excluding hydrogens is 244 g/mol. The quantitative estimate of drug-likeness (QED) is 0.829. The molecule has 18 heavy (non-hydrogen) atoms. The molecule has 1 aromatic heterocycles. The molecule has 98 valence electrons. The molecule has 0 aromatic carbocycles. The zero-order valence-corrected chi connectivity index (χ0v) is 12.0. The van der Waals surface area contributed by atoms with Gasteiger partial charge in [0.05, 0.1) is 0 Å². The number of piperidine rings is 1. The Balaban J connectivity index is 2.35. The van der Waals surface area contributed by atoms with Crippen LogP contribution in [0, 0.1) is 12.8 Å². The second-order valence-corrected chi connectivity index (χ2v) is 5.55. The van der Waals surface area contributed by atoms with Gasteiger partial charge in [0.25, 0.3) is 0 Å². The van der Waals surface area contributed by atoms with Crippen molar-refractivity contribution in [3.05, 3.63) is 17.5 Å². The normalized spacial score (nSPS) is 24.1. The fraction of sp³-hybridized carbons (Fsp3) is 0.615. The van der Waals surface area contributed by atoms with Crippen molar-refractivity contribution >= 4 is 23.2 Å². The third kappa shape index (κ3) is 2.61. The number of hydrogen-bond donors (Lipinski definition) is 1. The Labute approximate surface area is 114 Å². The Morgan fingerprint density at radius 2 is 2.17 bits per heavy atom. The molecule has 0 bridgehead atoms. The molecule has 1 saturated heterocycles. The zero-order chi connectivity index (χ0) is 13.3. The number of thiocarbonyl (C=S) groups is 1. The van der Waals surface area contributed by atoms with Crippen molar-refractivity contribution in [2.24, 2.45) is 11.7 Å². The highest BCUT2D eigenvalue weighted by atomic mass is 32.1. The van der Waals surface area contributed by atoms with Gasteiger partial charge in [-0.1, -0.05) is 19.1 Å². The van der Waals surface area contributed by atoms with Crippen molar-refractivity contribution in [1.29, 1.82) is 0 Å². The maximum Gasteiger partial charge on any atom is 0.226 e. The molecule has 2 heterocycles. The average molecular weight is 264 g/mol. The Hall–Kier alpha value is -1.23. The molecular formula is C13H20N4S. The second-order valence-electron chi connectivity index (χ2n) is 5.11. The molecule has 0 spiro atoms. The first kappa shape index (κ1) is 13.2. The van der Waals surface area contributed by atoms with Crippen molar-refractivity contribution in [2.45, 2.75) is 39.7 Å². The number of aromatic nitrogens is 2. The SMILES string of the molecule is Cc1cc(C(N)=S)nc(N2CCCC(C)C2C)n1. The van der Waals surface area contributed by atoms with Gasteiger partial charge in [-0.15, -0.1) is 0 Å². The fourth-order valence-corrected chi connectivity index (χ4v) is 2.53. The van der Waals surface area contributed by atoms with E-state index in [1.54, 1.807) is 0 Å². The van der Waals surface area contributed by atoms with Crippen LogP contribution < -0.4 is 10.6 Å². The van der Waals surface area contributed by atoms with Gasteiger partial charge >= 0.3 is 0 Å². The zero-order valence-electron chi connectivity index (χ0n) is 11.2. The summed E-state index contributed by atoms with van der Waals surface area (Å²) in [6.45, 7) is 7.47. The summed E-state index contributed by atoms with van der Waals surface area (Å²) >= 11 is 5.00. The van der Waals surface area contributed by atoms with E-state index in [0.717, 1.165) is 18.2 Å². The molecule has 5 heteroatoms. The standard InChI is InChI=1S/C13H20N4S/c1-8-5-4-6-17(10(8)3)13-15-9(2)7-11(16-13)12(14)18/h7-8,10H,4-6H2,1-3H3,(H2,14,18). The van der Waals surface area contributed by atoms with E-state index in [1.165, 1.54) is 12.8 Å². The Morgan fingerprint density at radius 1 is 1.44 bits per heavy atom. The van der Waals surface area contributed by atoms with E-state index in [2.05, 4.69) is 28.7 Å². The molecule has 1 aliphatic rings. The van der Waals surface area contributed by atoms with Gasteiger partial charge in [-0.3, -0.25) is 0 Å². The maximum atomic E-state index is 5.67. The van der Waals surface area contributed by atoms with Gasteiger partial charge in [0.15, 0.2) is 0 Å². The predicted octanol–water partition coefficient (Wildman–Crippen LogP) is 2.04. The molecule has 1 fully saturated rings. The molecule has 2 N–H and O–H groups in total. The van der Waals surface area contributed by atoms with E-state index in [0.29, 0.717) is 22.6 Å². The van der Waals surface area contributed by atoms with Crippen molar-refractivity contribution in [3.8, 4) is 0 Å². The van der Waals surface area contributed by atoms with Crippen LogP contribution >= 0.6 is 12.2 Å². The summed E-state index contributed by atoms with van der Waals surface area (Å²) in [4.78, 5) is 11.6. The van der Waals surface area contributed by atoms with Crippen LogP contribution in [0.5, 0.6) is 0 Å². The van der Waals surface area contributed by atoms with Crippen LogP contribution in [0.1, 0.15) is 38.1 Å². The lowest BCUT2D eigenvalue weighted by atomic mass is 9.92. The summed E-state index contributed by atoms with van der Waals surface area (Å²) in [5, 5.41) is 0. The highest BCUT2D eigenvalue weighted by molar-refractivity contribution is 7.80. The van der Waals surface area contributed by atoms with Crippen molar-refractivity contribution in [3.63, 3.8) is 0 Å². The molecule has 0 aliphatic carbocycles. The number of hydrogen-bond acceptors (Lipinski definition) is 4. The first-order chi connectivity index (χ1) is 8.49. The molecule has 2 unspecified atom stereocenters. The Morgan fingerprint density at radius 3 is 2.83 bits per heavy atom. The van der Waals surface area contributed by atoms with E-state index >= 15 is 0 Å². The van der Waals surface area contributed by atoms with E-state index in [-0.39, 0.29) is 0 Å². The van der Waals surface area contributed by atoms with Gasteiger partial charge in [-0.05, 0) is 38.7 Å². The van der Waals surface area contributed by atoms with Gasteiger partial charge in [-0.2, -0.15) is 0 Å². The molecule has 1 aliphatic heterocycles. The lowest BCUT2D eigenvalue weighted by Crippen LogP contribution is -2.43. The number of nitrogens with zero attached hydrogens (tertiary/aromatic N) is 3. The third-order valence-corrected chi connectivity index (χ3v) is 3.93. The highest BCUT2D eigenvalue weighted by Crippen LogP contribution is 2.26. The van der Waals surface area contributed by atoms with Crippen LogP contribution in [0.2, 0.25) is 0 Å².